The van der Waals surface area contributed by atoms with Crippen LogP contribution >= 0.6 is 0 Å². The number of aromatic nitrogens is 2. The van der Waals surface area contributed by atoms with Gasteiger partial charge in [-0.05, 0) is 57.0 Å². The van der Waals surface area contributed by atoms with Crippen LogP contribution in [0.1, 0.15) is 35.8 Å². The number of amides is 1. The highest BCUT2D eigenvalue weighted by atomic mass is 16.5. The molecular weight excluding hydrogens is 340 g/mol. The lowest BCUT2D eigenvalue weighted by Crippen LogP contribution is -2.41. The molecule has 6 nitrogen and oxygen atoms in total. The highest BCUT2D eigenvalue weighted by Gasteiger charge is 2.23. The summed E-state index contributed by atoms with van der Waals surface area (Å²) in [4.78, 5) is 23.2. The van der Waals surface area contributed by atoms with Crippen LogP contribution in [0.5, 0.6) is 5.75 Å². The number of rotatable bonds is 7. The molecule has 0 unspecified atom stereocenters. The van der Waals surface area contributed by atoms with E-state index in [0.29, 0.717) is 19.0 Å². The molecule has 0 bridgehead atoms. The molecular formula is C21H28N4O2. The second-order valence-corrected chi connectivity index (χ2v) is 6.99. The molecule has 0 atom stereocenters. The predicted molar refractivity (Wildman–Crippen MR) is 105 cm³/mol. The van der Waals surface area contributed by atoms with Gasteiger partial charge < -0.3 is 10.1 Å². The molecule has 0 spiro atoms. The first-order valence-corrected chi connectivity index (χ1v) is 9.56. The third-order valence-corrected chi connectivity index (χ3v) is 5.08. The molecule has 3 rings (SSSR count). The van der Waals surface area contributed by atoms with Gasteiger partial charge in [-0.25, -0.2) is 9.97 Å². The topological polar surface area (TPSA) is 67.3 Å². The average Bonchev–Trinajstić information content (AvgIpc) is 2.69. The van der Waals surface area contributed by atoms with Gasteiger partial charge in [0, 0.05) is 24.4 Å². The van der Waals surface area contributed by atoms with Crippen molar-refractivity contribution in [3.63, 3.8) is 0 Å². The first-order valence-electron chi connectivity index (χ1n) is 9.56. The van der Waals surface area contributed by atoms with Crippen LogP contribution in [0, 0.1) is 6.92 Å². The fourth-order valence-electron chi connectivity index (χ4n) is 3.59. The van der Waals surface area contributed by atoms with Crippen LogP contribution < -0.4 is 10.1 Å². The Morgan fingerprint density at radius 1 is 1.26 bits per heavy atom. The van der Waals surface area contributed by atoms with Crippen molar-refractivity contribution in [1.82, 2.24) is 20.2 Å². The minimum Gasteiger partial charge on any atom is -0.496 e. The SMILES string of the molecule is COc1ccccc1CCNC(=O)CN1CCC(c2ccnc(C)n2)CC1. The second-order valence-electron chi connectivity index (χ2n) is 6.99. The van der Waals surface area contributed by atoms with Crippen LogP contribution in [0.25, 0.3) is 0 Å². The molecule has 0 radical (unpaired) electrons. The van der Waals surface area contributed by atoms with Crippen molar-refractivity contribution in [3.8, 4) is 5.75 Å². The van der Waals surface area contributed by atoms with Crippen molar-refractivity contribution in [2.45, 2.75) is 32.1 Å². The molecule has 2 aromatic rings. The molecule has 2 heterocycles. The Balaban J connectivity index is 1.39. The summed E-state index contributed by atoms with van der Waals surface area (Å²) in [6.07, 6.45) is 4.67. The minimum atomic E-state index is 0.0845. The number of hydrogen-bond acceptors (Lipinski definition) is 5. The van der Waals surface area contributed by atoms with E-state index in [2.05, 4.69) is 20.2 Å². The summed E-state index contributed by atoms with van der Waals surface area (Å²) < 4.78 is 5.35. The number of carbonyl (C=O) groups excluding carboxylic acids is 1. The third-order valence-electron chi connectivity index (χ3n) is 5.08. The van der Waals surface area contributed by atoms with E-state index in [9.17, 15) is 4.79 Å². The highest BCUT2D eigenvalue weighted by molar-refractivity contribution is 5.78. The van der Waals surface area contributed by atoms with E-state index in [1.54, 1.807) is 7.11 Å². The predicted octanol–water partition coefficient (Wildman–Crippen LogP) is 2.33. The number of aryl methyl sites for hydroxylation is 1. The van der Waals surface area contributed by atoms with Gasteiger partial charge in [0.05, 0.1) is 13.7 Å². The quantitative estimate of drug-likeness (QED) is 0.812. The van der Waals surface area contributed by atoms with Gasteiger partial charge in [-0.15, -0.1) is 0 Å². The number of ether oxygens (including phenoxy) is 1. The fourth-order valence-corrected chi connectivity index (χ4v) is 3.59. The Morgan fingerprint density at radius 3 is 2.78 bits per heavy atom. The van der Waals surface area contributed by atoms with Crippen LogP contribution in [0.3, 0.4) is 0 Å². The number of nitrogens with one attached hydrogen (secondary N) is 1. The number of carbonyl (C=O) groups is 1. The average molecular weight is 368 g/mol. The largest absolute Gasteiger partial charge is 0.496 e. The number of benzene rings is 1. The highest BCUT2D eigenvalue weighted by Crippen LogP contribution is 2.26. The smallest absolute Gasteiger partial charge is 0.234 e. The van der Waals surface area contributed by atoms with Crippen molar-refractivity contribution >= 4 is 5.91 Å². The van der Waals surface area contributed by atoms with Gasteiger partial charge in [0.2, 0.25) is 5.91 Å². The molecule has 144 valence electrons. The van der Waals surface area contributed by atoms with Crippen molar-refractivity contribution in [1.29, 1.82) is 0 Å². The normalized spacial score (nSPS) is 15.5. The Labute approximate surface area is 161 Å². The molecule has 1 aliphatic heterocycles. The Morgan fingerprint density at radius 2 is 2.04 bits per heavy atom. The number of piperidine rings is 1. The Hall–Kier alpha value is -2.47. The van der Waals surface area contributed by atoms with Crippen LogP contribution in [-0.2, 0) is 11.2 Å². The molecule has 1 aromatic heterocycles. The van der Waals surface area contributed by atoms with Crippen molar-refractivity contribution in [2.75, 3.05) is 33.3 Å². The van der Waals surface area contributed by atoms with Crippen molar-refractivity contribution in [3.05, 3.63) is 53.6 Å². The lowest BCUT2D eigenvalue weighted by atomic mass is 9.93. The summed E-state index contributed by atoms with van der Waals surface area (Å²) in [5.74, 6) is 2.25. The molecule has 1 fully saturated rings. The number of hydrogen-bond donors (Lipinski definition) is 1. The van der Waals surface area contributed by atoms with Crippen LogP contribution in [-0.4, -0.2) is 54.1 Å². The van der Waals surface area contributed by atoms with Gasteiger partial charge >= 0.3 is 0 Å². The van der Waals surface area contributed by atoms with Crippen molar-refractivity contribution < 1.29 is 9.53 Å². The summed E-state index contributed by atoms with van der Waals surface area (Å²) in [5.41, 5.74) is 2.24. The monoisotopic (exact) mass is 368 g/mol. The third kappa shape index (κ3) is 5.50. The number of likely N-dealkylation sites (tertiary alicyclic amines) is 1. The zero-order valence-electron chi connectivity index (χ0n) is 16.1. The first-order chi connectivity index (χ1) is 13.2. The molecule has 1 aromatic carbocycles. The van der Waals surface area contributed by atoms with E-state index in [1.807, 2.05) is 43.5 Å². The molecule has 1 amide bonds. The van der Waals surface area contributed by atoms with Crippen LogP contribution in [0.4, 0.5) is 0 Å². The van der Waals surface area contributed by atoms with E-state index < -0.39 is 0 Å². The number of para-hydroxylation sites is 1. The second kappa shape index (κ2) is 9.46. The Bertz CT molecular complexity index is 757. The lowest BCUT2D eigenvalue weighted by molar-refractivity contribution is -0.122. The van der Waals surface area contributed by atoms with Gasteiger partial charge in [0.1, 0.15) is 11.6 Å². The van der Waals surface area contributed by atoms with Gasteiger partial charge in [0.25, 0.3) is 0 Å². The van der Waals surface area contributed by atoms with Crippen LogP contribution in [0.15, 0.2) is 36.5 Å². The lowest BCUT2D eigenvalue weighted by Gasteiger charge is -2.31. The first kappa shape index (κ1) is 19.3. The summed E-state index contributed by atoms with van der Waals surface area (Å²) in [7, 11) is 1.67. The molecule has 1 N–H and O–H groups in total. The summed E-state index contributed by atoms with van der Waals surface area (Å²) in [6, 6.07) is 9.93. The van der Waals surface area contributed by atoms with E-state index in [4.69, 9.17) is 4.74 Å². The van der Waals surface area contributed by atoms with Gasteiger partial charge in [0.15, 0.2) is 0 Å². The molecule has 1 aliphatic rings. The molecule has 6 heteroatoms. The zero-order valence-corrected chi connectivity index (χ0v) is 16.1. The number of nitrogens with zero attached hydrogens (tertiary/aromatic N) is 3. The van der Waals surface area contributed by atoms with Gasteiger partial charge in [-0.2, -0.15) is 0 Å². The zero-order chi connectivity index (χ0) is 19.1. The summed E-state index contributed by atoms with van der Waals surface area (Å²) in [6.45, 7) is 4.85. The minimum absolute atomic E-state index is 0.0845. The van der Waals surface area contributed by atoms with E-state index >= 15 is 0 Å². The van der Waals surface area contributed by atoms with E-state index in [-0.39, 0.29) is 5.91 Å². The Kier molecular flexibility index (Phi) is 6.76. The standard InChI is InChI=1S/C21H28N4O2/c1-16-22-12-8-19(24-16)17-9-13-25(14-10-17)15-21(26)23-11-7-18-5-3-4-6-20(18)27-2/h3-6,8,12,17H,7,9-11,13-15H2,1-2H3,(H,23,26). The molecule has 27 heavy (non-hydrogen) atoms. The molecule has 0 saturated carbocycles. The van der Waals surface area contributed by atoms with Crippen molar-refractivity contribution in [2.24, 2.45) is 0 Å². The summed E-state index contributed by atoms with van der Waals surface area (Å²) >= 11 is 0. The maximum Gasteiger partial charge on any atom is 0.234 e. The van der Waals surface area contributed by atoms with Gasteiger partial charge in [-0.3, -0.25) is 9.69 Å². The fraction of sp³-hybridized carbons (Fsp3) is 0.476. The molecule has 0 aliphatic carbocycles. The maximum absolute atomic E-state index is 12.2. The number of methoxy groups -OCH3 is 1. The summed E-state index contributed by atoms with van der Waals surface area (Å²) in [5, 5.41) is 3.02. The molecule has 1 saturated heterocycles. The maximum atomic E-state index is 12.2. The van der Waals surface area contributed by atoms with Gasteiger partial charge in [-0.1, -0.05) is 18.2 Å². The van der Waals surface area contributed by atoms with E-state index in [0.717, 1.165) is 55.2 Å². The van der Waals surface area contributed by atoms with Crippen LogP contribution in [0.2, 0.25) is 0 Å². The van der Waals surface area contributed by atoms with E-state index in [1.165, 1.54) is 0 Å².